The third kappa shape index (κ3) is 4.91. The molecule has 2 aromatic rings. The summed E-state index contributed by atoms with van der Waals surface area (Å²) in [6.07, 6.45) is 3.87. The van der Waals surface area contributed by atoms with Crippen molar-refractivity contribution >= 4 is 15.9 Å². The van der Waals surface area contributed by atoms with Gasteiger partial charge in [0.15, 0.2) is 0 Å². The number of benzene rings is 1. The zero-order valence-electron chi connectivity index (χ0n) is 18.2. The summed E-state index contributed by atoms with van der Waals surface area (Å²) in [5.74, 6) is 1.44. The van der Waals surface area contributed by atoms with E-state index in [9.17, 15) is 13.2 Å². The minimum atomic E-state index is -3.49. The Morgan fingerprint density at radius 3 is 2.27 bits per heavy atom. The molecule has 1 aromatic heterocycles. The Hall–Kier alpha value is -2.23. The second kappa shape index (κ2) is 9.28. The summed E-state index contributed by atoms with van der Waals surface area (Å²) in [4.78, 5) is 21.6. The maximum Gasteiger partial charge on any atom is 0.253 e. The van der Waals surface area contributed by atoms with Crippen LogP contribution in [0.1, 0.15) is 35.9 Å². The van der Waals surface area contributed by atoms with Crippen LogP contribution < -0.4 is 0 Å². The van der Waals surface area contributed by atoms with E-state index in [1.807, 2.05) is 17.3 Å². The van der Waals surface area contributed by atoms with E-state index in [1.54, 1.807) is 12.1 Å². The molecule has 1 aliphatic heterocycles. The van der Waals surface area contributed by atoms with Gasteiger partial charge in [-0.25, -0.2) is 17.7 Å². The van der Waals surface area contributed by atoms with Crippen molar-refractivity contribution < 1.29 is 13.2 Å². The van der Waals surface area contributed by atoms with Crippen molar-refractivity contribution in [1.29, 1.82) is 0 Å². The van der Waals surface area contributed by atoms with Gasteiger partial charge in [0, 0.05) is 77.2 Å². The molecule has 0 aliphatic carbocycles. The van der Waals surface area contributed by atoms with Gasteiger partial charge in [-0.3, -0.25) is 9.69 Å². The lowest BCUT2D eigenvalue weighted by molar-refractivity contribution is 0.0633. The van der Waals surface area contributed by atoms with Crippen LogP contribution in [0.15, 0.2) is 41.6 Å². The number of carbonyl (C=O) groups is 1. The third-order valence-corrected chi connectivity index (χ3v) is 7.29. The van der Waals surface area contributed by atoms with Crippen LogP contribution in [0.5, 0.6) is 0 Å². The fourth-order valence-corrected chi connectivity index (χ4v) is 4.50. The van der Waals surface area contributed by atoms with Gasteiger partial charge in [-0.1, -0.05) is 13.8 Å². The number of sulfonamides is 1. The summed E-state index contributed by atoms with van der Waals surface area (Å²) < 4.78 is 27.7. The van der Waals surface area contributed by atoms with Crippen LogP contribution >= 0.6 is 0 Å². The molecular weight excluding hydrogens is 402 g/mol. The Morgan fingerprint density at radius 2 is 1.70 bits per heavy atom. The molecule has 0 unspecified atom stereocenters. The van der Waals surface area contributed by atoms with E-state index in [4.69, 9.17) is 0 Å². The number of carbonyl (C=O) groups excluding carboxylic acids is 1. The van der Waals surface area contributed by atoms with E-state index >= 15 is 0 Å². The van der Waals surface area contributed by atoms with Gasteiger partial charge in [0.1, 0.15) is 5.82 Å². The van der Waals surface area contributed by atoms with Crippen LogP contribution in [0, 0.1) is 0 Å². The molecule has 0 radical (unpaired) electrons. The standard InChI is InChI=1S/C21H31N5O3S/c1-17(2)20-22-9-10-25(20)14-11-24-12-15-26(16-13-24)21(27)18-5-7-19(8-6-18)30(28,29)23(3)4/h5-10,17H,11-16H2,1-4H3. The summed E-state index contributed by atoms with van der Waals surface area (Å²) in [6, 6.07) is 6.18. The molecular formula is C21H31N5O3S. The van der Waals surface area contributed by atoms with Gasteiger partial charge in [-0.15, -0.1) is 0 Å². The van der Waals surface area contributed by atoms with Gasteiger partial charge < -0.3 is 9.47 Å². The summed E-state index contributed by atoms with van der Waals surface area (Å²) in [6.45, 7) is 9.08. The van der Waals surface area contributed by atoms with Crippen LogP contribution in [0.25, 0.3) is 0 Å². The highest BCUT2D eigenvalue weighted by atomic mass is 32.2. The van der Waals surface area contributed by atoms with E-state index < -0.39 is 10.0 Å². The lowest BCUT2D eigenvalue weighted by Gasteiger charge is -2.35. The number of nitrogens with zero attached hydrogens (tertiary/aromatic N) is 5. The normalized spacial score (nSPS) is 15.9. The van der Waals surface area contributed by atoms with Gasteiger partial charge in [0.2, 0.25) is 10.0 Å². The van der Waals surface area contributed by atoms with Crippen LogP contribution in [-0.2, 0) is 16.6 Å². The van der Waals surface area contributed by atoms with Crippen molar-refractivity contribution in [2.45, 2.75) is 31.2 Å². The van der Waals surface area contributed by atoms with E-state index in [2.05, 4.69) is 28.3 Å². The largest absolute Gasteiger partial charge is 0.336 e. The lowest BCUT2D eigenvalue weighted by atomic mass is 10.2. The third-order valence-electron chi connectivity index (χ3n) is 5.46. The molecule has 8 nitrogen and oxygen atoms in total. The summed E-state index contributed by atoms with van der Waals surface area (Å²) in [5.41, 5.74) is 0.515. The number of aromatic nitrogens is 2. The molecule has 0 N–H and O–H groups in total. The van der Waals surface area contributed by atoms with Crippen LogP contribution in [0.2, 0.25) is 0 Å². The first-order valence-electron chi connectivity index (χ1n) is 10.3. The van der Waals surface area contributed by atoms with Crippen LogP contribution in [0.4, 0.5) is 0 Å². The van der Waals surface area contributed by atoms with Crippen molar-refractivity contribution in [2.24, 2.45) is 0 Å². The average molecular weight is 434 g/mol. The van der Waals surface area contributed by atoms with E-state index in [1.165, 1.54) is 26.2 Å². The van der Waals surface area contributed by atoms with Crippen molar-refractivity contribution in [2.75, 3.05) is 46.8 Å². The van der Waals surface area contributed by atoms with Crippen molar-refractivity contribution in [3.05, 3.63) is 48.0 Å². The van der Waals surface area contributed by atoms with Gasteiger partial charge in [0.25, 0.3) is 5.91 Å². The predicted octanol–water partition coefficient (Wildman–Crippen LogP) is 1.71. The fraction of sp³-hybridized carbons (Fsp3) is 0.524. The van der Waals surface area contributed by atoms with Crippen LogP contribution in [-0.4, -0.2) is 84.8 Å². The second-order valence-corrected chi connectivity index (χ2v) is 10.2. The van der Waals surface area contributed by atoms with Gasteiger partial charge in [0.05, 0.1) is 4.90 Å². The first kappa shape index (κ1) is 22.5. The van der Waals surface area contributed by atoms with Gasteiger partial charge >= 0.3 is 0 Å². The Bertz CT molecular complexity index is 959. The summed E-state index contributed by atoms with van der Waals surface area (Å²) in [5, 5.41) is 0. The molecule has 1 amide bonds. The van der Waals surface area contributed by atoms with E-state index in [-0.39, 0.29) is 10.8 Å². The molecule has 0 saturated carbocycles. The maximum atomic E-state index is 12.8. The molecule has 3 rings (SSSR count). The number of amides is 1. The Morgan fingerprint density at radius 1 is 1.07 bits per heavy atom. The van der Waals surface area contributed by atoms with E-state index in [0.717, 1.165) is 36.3 Å². The highest BCUT2D eigenvalue weighted by Gasteiger charge is 2.23. The van der Waals surface area contributed by atoms with Crippen molar-refractivity contribution in [3.8, 4) is 0 Å². The Balaban J connectivity index is 1.53. The van der Waals surface area contributed by atoms with Crippen molar-refractivity contribution in [1.82, 2.24) is 23.7 Å². The fourth-order valence-electron chi connectivity index (χ4n) is 3.60. The molecule has 1 fully saturated rings. The quantitative estimate of drug-likeness (QED) is 0.664. The Labute approximate surface area is 179 Å². The zero-order valence-corrected chi connectivity index (χ0v) is 19.0. The summed E-state index contributed by atoms with van der Waals surface area (Å²) >= 11 is 0. The number of hydrogen-bond acceptors (Lipinski definition) is 5. The molecule has 1 saturated heterocycles. The molecule has 0 spiro atoms. The number of rotatable bonds is 7. The molecule has 0 bridgehead atoms. The molecule has 1 aromatic carbocycles. The minimum absolute atomic E-state index is 0.0554. The maximum absolute atomic E-state index is 12.8. The number of imidazole rings is 1. The van der Waals surface area contributed by atoms with Crippen molar-refractivity contribution in [3.63, 3.8) is 0 Å². The highest BCUT2D eigenvalue weighted by Crippen LogP contribution is 2.16. The number of piperazine rings is 1. The SMILES string of the molecule is CC(C)c1nccn1CCN1CCN(C(=O)c2ccc(S(=O)(=O)N(C)C)cc2)CC1. The lowest BCUT2D eigenvalue weighted by Crippen LogP contribution is -2.49. The first-order chi connectivity index (χ1) is 14.2. The van der Waals surface area contributed by atoms with Gasteiger partial charge in [-0.05, 0) is 24.3 Å². The first-order valence-corrected chi connectivity index (χ1v) is 11.7. The molecule has 9 heteroatoms. The minimum Gasteiger partial charge on any atom is -0.336 e. The highest BCUT2D eigenvalue weighted by molar-refractivity contribution is 7.89. The molecule has 2 heterocycles. The summed E-state index contributed by atoms with van der Waals surface area (Å²) in [7, 11) is -0.509. The number of hydrogen-bond donors (Lipinski definition) is 0. The van der Waals surface area contributed by atoms with E-state index in [0.29, 0.717) is 24.6 Å². The molecule has 164 valence electrons. The van der Waals surface area contributed by atoms with Gasteiger partial charge in [-0.2, -0.15) is 0 Å². The average Bonchev–Trinajstić information content (AvgIpc) is 3.21. The molecule has 1 aliphatic rings. The second-order valence-electron chi connectivity index (χ2n) is 8.08. The topological polar surface area (TPSA) is 78.8 Å². The molecule has 30 heavy (non-hydrogen) atoms. The van der Waals surface area contributed by atoms with Crippen LogP contribution in [0.3, 0.4) is 0 Å². The predicted molar refractivity (Wildman–Crippen MR) is 116 cm³/mol. The Kier molecular flexibility index (Phi) is 6.95. The smallest absolute Gasteiger partial charge is 0.253 e. The molecule has 0 atom stereocenters. The monoisotopic (exact) mass is 433 g/mol. The zero-order chi connectivity index (χ0) is 21.9.